The minimum Gasteiger partial charge on any atom is -0.497 e. The predicted octanol–water partition coefficient (Wildman–Crippen LogP) is 3.80. The molecule has 2 aromatic carbocycles. The molecule has 2 fully saturated rings. The molecule has 1 amide bonds. The minimum absolute atomic E-state index is 0.0281. The number of ether oxygens (including phenoxy) is 2. The zero-order chi connectivity index (χ0) is 23.7. The van der Waals surface area contributed by atoms with Gasteiger partial charge in [0.2, 0.25) is 5.91 Å². The summed E-state index contributed by atoms with van der Waals surface area (Å²) < 4.78 is 11.0. The Balaban J connectivity index is 1.48. The van der Waals surface area contributed by atoms with Crippen molar-refractivity contribution in [1.29, 1.82) is 0 Å². The number of hydrogen-bond acceptors (Lipinski definition) is 6. The van der Waals surface area contributed by atoms with E-state index < -0.39 is 0 Å². The van der Waals surface area contributed by atoms with Crippen molar-refractivity contribution in [3.63, 3.8) is 0 Å². The quantitative estimate of drug-likeness (QED) is 0.502. The monoisotopic (exact) mass is 458 g/mol. The van der Waals surface area contributed by atoms with E-state index in [1.54, 1.807) is 14.2 Å². The maximum atomic E-state index is 12.4. The van der Waals surface area contributed by atoms with Crippen molar-refractivity contribution < 1.29 is 14.3 Å². The van der Waals surface area contributed by atoms with E-state index in [1.807, 2.05) is 29.2 Å². The van der Waals surface area contributed by atoms with Crippen LogP contribution < -0.4 is 14.4 Å². The summed E-state index contributed by atoms with van der Waals surface area (Å²) in [7, 11) is 3.35. The number of hydrogen-bond donors (Lipinski definition) is 0. The number of aromatic nitrogens is 2. The normalized spacial score (nSPS) is 19.4. The molecule has 2 bridgehead atoms. The first kappa shape index (κ1) is 22.2. The van der Waals surface area contributed by atoms with Crippen molar-refractivity contribution in [2.24, 2.45) is 0 Å². The molecule has 0 radical (unpaired) electrons. The number of fused-ring (bicyclic) bond motifs is 3. The highest BCUT2D eigenvalue weighted by Gasteiger charge is 2.42. The van der Waals surface area contributed by atoms with Gasteiger partial charge in [-0.05, 0) is 55.2 Å². The summed E-state index contributed by atoms with van der Waals surface area (Å²) in [5.41, 5.74) is 2.01. The van der Waals surface area contributed by atoms with Gasteiger partial charge in [0.1, 0.15) is 28.7 Å². The molecule has 3 aromatic rings. The standard InChI is InChI=1S/C27H30N4O3/c1-4-25(32)31-19-12-13-20(31)17-30(16-19)27-22-9-6-10-23(34-3)26(22)28-24(29-27)14-11-18-7-5-8-21(15-18)33-2/h4-10,15,19-20H,1,11-14,16-17H2,2-3H3. The largest absolute Gasteiger partial charge is 0.497 e. The molecule has 0 spiro atoms. The van der Waals surface area contributed by atoms with E-state index in [-0.39, 0.29) is 18.0 Å². The van der Waals surface area contributed by atoms with Gasteiger partial charge in [0.15, 0.2) is 0 Å². The Morgan fingerprint density at radius 1 is 1.06 bits per heavy atom. The van der Waals surface area contributed by atoms with E-state index >= 15 is 0 Å². The Morgan fingerprint density at radius 3 is 2.53 bits per heavy atom. The van der Waals surface area contributed by atoms with Crippen LogP contribution in [0.4, 0.5) is 5.82 Å². The number of methoxy groups -OCH3 is 2. The molecule has 2 aliphatic rings. The Kier molecular flexibility index (Phi) is 6.09. The molecule has 2 aliphatic heterocycles. The number of para-hydroxylation sites is 1. The number of carbonyl (C=O) groups excluding carboxylic acids is 1. The molecular weight excluding hydrogens is 428 g/mol. The molecular formula is C27H30N4O3. The van der Waals surface area contributed by atoms with Crippen molar-refractivity contribution in [3.05, 3.63) is 66.5 Å². The van der Waals surface area contributed by atoms with Crippen LogP contribution in [-0.2, 0) is 17.6 Å². The van der Waals surface area contributed by atoms with E-state index in [1.165, 1.54) is 11.6 Å². The van der Waals surface area contributed by atoms with Crippen LogP contribution in [0.25, 0.3) is 10.9 Å². The van der Waals surface area contributed by atoms with Gasteiger partial charge >= 0.3 is 0 Å². The van der Waals surface area contributed by atoms with Gasteiger partial charge in [-0.2, -0.15) is 0 Å². The van der Waals surface area contributed by atoms with Crippen molar-refractivity contribution in [3.8, 4) is 11.5 Å². The number of piperazine rings is 1. The second-order valence-electron chi connectivity index (χ2n) is 8.91. The van der Waals surface area contributed by atoms with Gasteiger partial charge in [-0.15, -0.1) is 0 Å². The molecule has 2 atom stereocenters. The van der Waals surface area contributed by atoms with Gasteiger partial charge in [0.05, 0.1) is 14.2 Å². The van der Waals surface area contributed by atoms with Crippen molar-refractivity contribution in [1.82, 2.24) is 14.9 Å². The third-order valence-corrected chi connectivity index (χ3v) is 6.92. The summed E-state index contributed by atoms with van der Waals surface area (Å²) in [6.07, 6.45) is 4.97. The molecule has 7 heteroatoms. The average Bonchev–Trinajstić information content (AvgIpc) is 3.15. The summed E-state index contributed by atoms with van der Waals surface area (Å²) in [4.78, 5) is 26.7. The molecule has 3 heterocycles. The minimum atomic E-state index is 0.0281. The topological polar surface area (TPSA) is 67.8 Å². The molecule has 7 nitrogen and oxygen atoms in total. The number of aryl methyl sites for hydroxylation is 2. The van der Waals surface area contributed by atoms with Crippen molar-refractivity contribution in [2.75, 3.05) is 32.2 Å². The number of amides is 1. The molecule has 5 rings (SSSR count). The van der Waals surface area contributed by atoms with E-state index in [4.69, 9.17) is 19.4 Å². The predicted molar refractivity (Wildman–Crippen MR) is 133 cm³/mol. The van der Waals surface area contributed by atoms with E-state index in [2.05, 4.69) is 29.7 Å². The summed E-state index contributed by atoms with van der Waals surface area (Å²) in [5, 5.41) is 0.979. The fourth-order valence-electron chi connectivity index (χ4n) is 5.30. The first-order valence-electron chi connectivity index (χ1n) is 11.8. The molecule has 2 saturated heterocycles. The number of carbonyl (C=O) groups is 1. The summed E-state index contributed by atoms with van der Waals surface area (Å²) >= 11 is 0. The molecule has 0 N–H and O–H groups in total. The summed E-state index contributed by atoms with van der Waals surface area (Å²) in [5.74, 6) is 3.33. The van der Waals surface area contributed by atoms with Crippen LogP contribution in [0.15, 0.2) is 55.1 Å². The van der Waals surface area contributed by atoms with Gasteiger partial charge in [-0.3, -0.25) is 4.79 Å². The Labute approximate surface area is 200 Å². The SMILES string of the molecule is C=CC(=O)N1C2CCC1CN(c1nc(CCc3cccc(OC)c3)nc3c(OC)cccc13)C2. The second kappa shape index (κ2) is 9.33. The van der Waals surface area contributed by atoms with Crippen LogP contribution in [-0.4, -0.2) is 60.2 Å². The van der Waals surface area contributed by atoms with E-state index in [0.717, 1.165) is 66.4 Å². The lowest BCUT2D eigenvalue weighted by Gasteiger charge is -2.41. The molecule has 0 saturated carbocycles. The zero-order valence-corrected chi connectivity index (χ0v) is 19.7. The number of benzene rings is 2. The zero-order valence-electron chi connectivity index (χ0n) is 19.7. The Morgan fingerprint density at radius 2 is 1.82 bits per heavy atom. The van der Waals surface area contributed by atoms with Gasteiger partial charge in [-0.25, -0.2) is 9.97 Å². The van der Waals surface area contributed by atoms with Crippen LogP contribution in [0.3, 0.4) is 0 Å². The van der Waals surface area contributed by atoms with Crippen LogP contribution in [0.1, 0.15) is 24.2 Å². The highest BCUT2D eigenvalue weighted by atomic mass is 16.5. The Bertz CT molecular complexity index is 1210. The fourth-order valence-corrected chi connectivity index (χ4v) is 5.30. The first-order chi connectivity index (χ1) is 16.6. The van der Waals surface area contributed by atoms with Crippen LogP contribution in [0.5, 0.6) is 11.5 Å². The van der Waals surface area contributed by atoms with Gasteiger partial charge in [0, 0.05) is 37.0 Å². The number of nitrogens with zero attached hydrogens (tertiary/aromatic N) is 4. The summed E-state index contributed by atoms with van der Waals surface area (Å²) in [6.45, 7) is 5.21. The smallest absolute Gasteiger partial charge is 0.246 e. The molecule has 34 heavy (non-hydrogen) atoms. The van der Waals surface area contributed by atoms with Gasteiger partial charge in [-0.1, -0.05) is 24.8 Å². The highest BCUT2D eigenvalue weighted by molar-refractivity contribution is 5.94. The van der Waals surface area contributed by atoms with Crippen LogP contribution in [0.2, 0.25) is 0 Å². The molecule has 1 aromatic heterocycles. The fraction of sp³-hybridized carbons (Fsp3) is 0.370. The van der Waals surface area contributed by atoms with Crippen molar-refractivity contribution in [2.45, 2.75) is 37.8 Å². The number of rotatable bonds is 7. The van der Waals surface area contributed by atoms with Crippen LogP contribution >= 0.6 is 0 Å². The summed E-state index contributed by atoms with van der Waals surface area (Å²) in [6, 6.07) is 14.4. The highest BCUT2D eigenvalue weighted by Crippen LogP contribution is 2.36. The third-order valence-electron chi connectivity index (χ3n) is 6.92. The molecule has 176 valence electrons. The Hall–Kier alpha value is -3.61. The molecule has 2 unspecified atom stereocenters. The maximum absolute atomic E-state index is 12.4. The van der Waals surface area contributed by atoms with Gasteiger partial charge in [0.25, 0.3) is 0 Å². The lowest BCUT2D eigenvalue weighted by Crippen LogP contribution is -2.55. The molecule has 0 aliphatic carbocycles. The first-order valence-corrected chi connectivity index (χ1v) is 11.8. The second-order valence-corrected chi connectivity index (χ2v) is 8.91. The third kappa shape index (κ3) is 4.06. The average molecular weight is 459 g/mol. The lowest BCUT2D eigenvalue weighted by molar-refractivity contribution is -0.129. The number of anilines is 1. The van der Waals surface area contributed by atoms with Crippen LogP contribution in [0, 0.1) is 0 Å². The maximum Gasteiger partial charge on any atom is 0.246 e. The van der Waals surface area contributed by atoms with Gasteiger partial charge < -0.3 is 19.3 Å². The van der Waals surface area contributed by atoms with E-state index in [9.17, 15) is 4.79 Å². The lowest BCUT2D eigenvalue weighted by atomic mass is 10.1. The van der Waals surface area contributed by atoms with E-state index in [0.29, 0.717) is 6.42 Å². The van der Waals surface area contributed by atoms with Crippen molar-refractivity contribution >= 4 is 22.6 Å².